The lowest BCUT2D eigenvalue weighted by molar-refractivity contribution is 0.193. The van der Waals surface area contributed by atoms with E-state index in [1.807, 2.05) is 6.07 Å². The second kappa shape index (κ2) is 3.46. The van der Waals surface area contributed by atoms with Crippen molar-refractivity contribution < 1.29 is 9.84 Å². The summed E-state index contributed by atoms with van der Waals surface area (Å²) in [5.74, 6) is 0.899. The van der Waals surface area contributed by atoms with Gasteiger partial charge in [0, 0.05) is 15.6 Å². The van der Waals surface area contributed by atoms with Crippen LogP contribution in [0.3, 0.4) is 0 Å². The van der Waals surface area contributed by atoms with Gasteiger partial charge in [-0.2, -0.15) is 0 Å². The molecule has 0 aliphatic carbocycles. The van der Waals surface area contributed by atoms with E-state index in [4.69, 9.17) is 4.74 Å². The SMILES string of the molecule is CC(O)c1cc(I)cc2c1OCC2. The van der Waals surface area contributed by atoms with Crippen molar-refractivity contribution >= 4 is 22.6 Å². The molecule has 13 heavy (non-hydrogen) atoms. The maximum Gasteiger partial charge on any atom is 0.128 e. The van der Waals surface area contributed by atoms with Crippen LogP contribution in [0.5, 0.6) is 5.75 Å². The Balaban J connectivity index is 2.55. The Morgan fingerprint density at radius 1 is 1.54 bits per heavy atom. The van der Waals surface area contributed by atoms with Gasteiger partial charge >= 0.3 is 0 Å². The molecule has 1 N–H and O–H groups in total. The summed E-state index contributed by atoms with van der Waals surface area (Å²) < 4.78 is 6.65. The molecule has 1 atom stereocenters. The summed E-state index contributed by atoms with van der Waals surface area (Å²) in [4.78, 5) is 0. The van der Waals surface area contributed by atoms with Crippen LogP contribution >= 0.6 is 22.6 Å². The minimum absolute atomic E-state index is 0.443. The average molecular weight is 290 g/mol. The highest BCUT2D eigenvalue weighted by Crippen LogP contribution is 2.34. The zero-order valence-corrected chi connectivity index (χ0v) is 9.54. The molecule has 1 unspecified atom stereocenters. The molecule has 3 heteroatoms. The van der Waals surface area contributed by atoms with Crippen molar-refractivity contribution in [2.45, 2.75) is 19.4 Å². The zero-order chi connectivity index (χ0) is 9.42. The molecule has 1 heterocycles. The van der Waals surface area contributed by atoms with E-state index < -0.39 is 6.10 Å². The second-order valence-electron chi connectivity index (χ2n) is 3.26. The first-order valence-electron chi connectivity index (χ1n) is 4.31. The lowest BCUT2D eigenvalue weighted by Crippen LogP contribution is -1.96. The van der Waals surface area contributed by atoms with Crippen molar-refractivity contribution in [3.8, 4) is 5.75 Å². The van der Waals surface area contributed by atoms with E-state index in [-0.39, 0.29) is 0 Å². The van der Waals surface area contributed by atoms with Crippen LogP contribution in [0.2, 0.25) is 0 Å². The Morgan fingerprint density at radius 2 is 2.31 bits per heavy atom. The van der Waals surface area contributed by atoms with Gasteiger partial charge in [-0.3, -0.25) is 0 Å². The van der Waals surface area contributed by atoms with Crippen LogP contribution in [0.15, 0.2) is 12.1 Å². The maximum atomic E-state index is 9.53. The first-order chi connectivity index (χ1) is 6.18. The molecule has 0 saturated carbocycles. The van der Waals surface area contributed by atoms with Crippen LogP contribution in [0, 0.1) is 3.57 Å². The minimum atomic E-state index is -0.443. The van der Waals surface area contributed by atoms with Crippen LogP contribution in [0.4, 0.5) is 0 Å². The van der Waals surface area contributed by atoms with Crippen LogP contribution < -0.4 is 4.74 Å². The monoisotopic (exact) mass is 290 g/mol. The topological polar surface area (TPSA) is 29.5 Å². The first kappa shape index (κ1) is 9.27. The smallest absolute Gasteiger partial charge is 0.128 e. The second-order valence-corrected chi connectivity index (χ2v) is 4.50. The molecule has 70 valence electrons. The van der Waals surface area contributed by atoms with Crippen molar-refractivity contribution in [1.29, 1.82) is 0 Å². The molecule has 0 aromatic heterocycles. The van der Waals surface area contributed by atoms with E-state index in [1.165, 1.54) is 5.56 Å². The number of aliphatic hydroxyl groups is 1. The van der Waals surface area contributed by atoms with Crippen molar-refractivity contribution in [2.75, 3.05) is 6.61 Å². The van der Waals surface area contributed by atoms with Gasteiger partial charge in [0.25, 0.3) is 0 Å². The number of rotatable bonds is 1. The Kier molecular flexibility index (Phi) is 2.47. The Morgan fingerprint density at radius 3 is 3.00 bits per heavy atom. The average Bonchev–Trinajstić information content (AvgIpc) is 2.49. The molecule has 2 nitrogen and oxygen atoms in total. The highest BCUT2D eigenvalue weighted by Gasteiger charge is 2.19. The molecule has 1 aromatic rings. The fraction of sp³-hybridized carbons (Fsp3) is 0.400. The van der Waals surface area contributed by atoms with E-state index >= 15 is 0 Å². The van der Waals surface area contributed by atoms with Gasteiger partial charge in [0.1, 0.15) is 5.75 Å². The number of fused-ring (bicyclic) bond motifs is 1. The van der Waals surface area contributed by atoms with E-state index in [9.17, 15) is 5.11 Å². The third-order valence-electron chi connectivity index (χ3n) is 2.23. The quantitative estimate of drug-likeness (QED) is 0.804. The van der Waals surface area contributed by atoms with Gasteiger partial charge in [-0.1, -0.05) is 0 Å². The minimum Gasteiger partial charge on any atom is -0.493 e. The molecule has 0 radical (unpaired) electrons. The molecule has 0 spiro atoms. The van der Waals surface area contributed by atoms with Crippen LogP contribution in [0.1, 0.15) is 24.2 Å². The van der Waals surface area contributed by atoms with E-state index in [1.54, 1.807) is 6.92 Å². The number of aliphatic hydroxyl groups excluding tert-OH is 1. The summed E-state index contributed by atoms with van der Waals surface area (Å²) in [6.45, 7) is 2.52. The van der Waals surface area contributed by atoms with Gasteiger partial charge in [0.15, 0.2) is 0 Å². The fourth-order valence-corrected chi connectivity index (χ4v) is 2.32. The first-order valence-corrected chi connectivity index (χ1v) is 5.39. The summed E-state index contributed by atoms with van der Waals surface area (Å²) in [5, 5.41) is 9.53. The number of hydrogen-bond donors (Lipinski definition) is 1. The summed E-state index contributed by atoms with van der Waals surface area (Å²) >= 11 is 2.27. The highest BCUT2D eigenvalue weighted by molar-refractivity contribution is 14.1. The largest absolute Gasteiger partial charge is 0.493 e. The number of benzene rings is 1. The van der Waals surface area contributed by atoms with Gasteiger partial charge in [-0.25, -0.2) is 0 Å². The molecule has 2 rings (SSSR count). The molecule has 0 fully saturated rings. The zero-order valence-electron chi connectivity index (χ0n) is 7.38. The predicted molar refractivity (Wildman–Crippen MR) is 59.0 cm³/mol. The summed E-state index contributed by atoms with van der Waals surface area (Å²) in [6.07, 6.45) is 0.521. The Hall–Kier alpha value is -0.290. The molecular weight excluding hydrogens is 279 g/mol. The van der Waals surface area contributed by atoms with Gasteiger partial charge < -0.3 is 9.84 Å². The molecule has 0 saturated heterocycles. The molecule has 0 amide bonds. The van der Waals surface area contributed by atoms with Gasteiger partial charge in [0.2, 0.25) is 0 Å². The van der Waals surface area contributed by atoms with Crippen molar-refractivity contribution in [1.82, 2.24) is 0 Å². The Bertz CT molecular complexity index is 334. The normalized spacial score (nSPS) is 16.5. The van der Waals surface area contributed by atoms with Crippen LogP contribution in [0.25, 0.3) is 0 Å². The molecule has 1 aromatic carbocycles. The van der Waals surface area contributed by atoms with Gasteiger partial charge in [-0.05, 0) is 47.2 Å². The van der Waals surface area contributed by atoms with Gasteiger partial charge in [-0.15, -0.1) is 0 Å². The number of halogens is 1. The van der Waals surface area contributed by atoms with Crippen LogP contribution in [-0.4, -0.2) is 11.7 Å². The standard InChI is InChI=1S/C10H11IO2/c1-6(12)9-5-8(11)4-7-2-3-13-10(7)9/h4-6,12H,2-3H2,1H3. The van der Waals surface area contributed by atoms with Crippen molar-refractivity contribution in [3.63, 3.8) is 0 Å². The molecule has 0 bridgehead atoms. The third kappa shape index (κ3) is 1.67. The van der Waals surface area contributed by atoms with E-state index in [0.717, 1.165) is 27.9 Å². The maximum absolute atomic E-state index is 9.53. The summed E-state index contributed by atoms with van der Waals surface area (Å²) in [5.41, 5.74) is 2.14. The lowest BCUT2D eigenvalue weighted by atomic mass is 10.0. The predicted octanol–water partition coefficient (Wildman–Crippen LogP) is 2.28. The lowest BCUT2D eigenvalue weighted by Gasteiger charge is -2.10. The molecule has 1 aliphatic rings. The summed E-state index contributed by atoms with van der Waals surface area (Å²) in [6, 6.07) is 4.10. The Labute approximate surface area is 91.1 Å². The van der Waals surface area contributed by atoms with Crippen molar-refractivity contribution in [2.24, 2.45) is 0 Å². The fourth-order valence-electron chi connectivity index (χ4n) is 1.61. The number of ether oxygens (including phenoxy) is 1. The van der Waals surface area contributed by atoms with Crippen LogP contribution in [-0.2, 0) is 6.42 Å². The van der Waals surface area contributed by atoms with E-state index in [0.29, 0.717) is 0 Å². The van der Waals surface area contributed by atoms with E-state index in [2.05, 4.69) is 28.7 Å². The number of hydrogen-bond acceptors (Lipinski definition) is 2. The van der Waals surface area contributed by atoms with Gasteiger partial charge in [0.05, 0.1) is 12.7 Å². The molecular formula is C10H11IO2. The molecule has 1 aliphatic heterocycles. The highest BCUT2D eigenvalue weighted by atomic mass is 127. The third-order valence-corrected chi connectivity index (χ3v) is 2.85. The van der Waals surface area contributed by atoms with Crippen molar-refractivity contribution in [3.05, 3.63) is 26.8 Å². The summed E-state index contributed by atoms with van der Waals surface area (Å²) in [7, 11) is 0.